The minimum Gasteiger partial charge on any atom is -0.487 e. The number of aryl methyl sites for hydroxylation is 1. The molecule has 1 aliphatic heterocycles. The average Bonchev–Trinajstić information content (AvgIpc) is 2.43. The minimum atomic E-state index is -0.0450. The van der Waals surface area contributed by atoms with Crippen LogP contribution in [0.4, 0.5) is 0 Å². The second-order valence-electron chi connectivity index (χ2n) is 4.80. The Morgan fingerprint density at radius 3 is 2.80 bits per heavy atom. The van der Waals surface area contributed by atoms with Crippen LogP contribution in [0.5, 0.6) is 5.75 Å². The number of hydrogen-bond donors (Lipinski definition) is 0. The zero-order valence-corrected chi connectivity index (χ0v) is 11.2. The number of aromatic nitrogens is 2. The predicted octanol–water partition coefficient (Wildman–Crippen LogP) is 1.69. The summed E-state index contributed by atoms with van der Waals surface area (Å²) in [6.45, 7) is 3.11. The summed E-state index contributed by atoms with van der Waals surface area (Å²) in [5.41, 5.74) is 1.40. The van der Waals surface area contributed by atoms with Crippen LogP contribution in [-0.4, -0.2) is 40.0 Å². The van der Waals surface area contributed by atoms with Gasteiger partial charge < -0.3 is 9.64 Å². The molecule has 3 heterocycles. The van der Waals surface area contributed by atoms with Gasteiger partial charge in [-0.15, -0.1) is 0 Å². The van der Waals surface area contributed by atoms with Crippen molar-refractivity contribution in [2.24, 2.45) is 0 Å². The minimum absolute atomic E-state index is 0.0450. The van der Waals surface area contributed by atoms with E-state index in [1.54, 1.807) is 29.4 Å². The lowest BCUT2D eigenvalue weighted by molar-refractivity contribution is 0.0173. The van der Waals surface area contributed by atoms with Gasteiger partial charge in [0.1, 0.15) is 17.5 Å². The first-order chi connectivity index (χ1) is 9.72. The number of rotatable bonds is 3. The maximum Gasteiger partial charge on any atom is 0.272 e. The third kappa shape index (κ3) is 2.61. The van der Waals surface area contributed by atoms with Crippen molar-refractivity contribution in [3.63, 3.8) is 0 Å². The van der Waals surface area contributed by atoms with E-state index in [1.807, 2.05) is 25.1 Å². The lowest BCUT2D eigenvalue weighted by atomic mass is 10.1. The van der Waals surface area contributed by atoms with Crippen LogP contribution < -0.4 is 4.74 Å². The molecule has 0 aromatic carbocycles. The average molecular weight is 269 g/mol. The SMILES string of the molecule is Cc1cc(OC2CN(C(=O)c3ccccn3)C2)ccn1. The number of nitrogens with zero attached hydrogens (tertiary/aromatic N) is 3. The van der Waals surface area contributed by atoms with Crippen molar-refractivity contribution in [3.05, 3.63) is 54.1 Å². The van der Waals surface area contributed by atoms with Crippen molar-refractivity contribution in [1.82, 2.24) is 14.9 Å². The van der Waals surface area contributed by atoms with E-state index in [9.17, 15) is 4.79 Å². The largest absolute Gasteiger partial charge is 0.487 e. The van der Waals surface area contributed by atoms with Crippen LogP contribution in [0.3, 0.4) is 0 Å². The van der Waals surface area contributed by atoms with Gasteiger partial charge in [0.2, 0.25) is 0 Å². The van der Waals surface area contributed by atoms with Crippen molar-refractivity contribution in [3.8, 4) is 5.75 Å². The molecule has 5 nitrogen and oxygen atoms in total. The van der Waals surface area contributed by atoms with Gasteiger partial charge in [0.05, 0.1) is 13.1 Å². The van der Waals surface area contributed by atoms with Crippen molar-refractivity contribution in [2.75, 3.05) is 13.1 Å². The molecular weight excluding hydrogens is 254 g/mol. The molecule has 0 aliphatic carbocycles. The monoisotopic (exact) mass is 269 g/mol. The highest BCUT2D eigenvalue weighted by atomic mass is 16.5. The maximum atomic E-state index is 12.1. The van der Waals surface area contributed by atoms with Crippen LogP contribution in [0.15, 0.2) is 42.7 Å². The fraction of sp³-hybridized carbons (Fsp3) is 0.267. The summed E-state index contributed by atoms with van der Waals surface area (Å²) in [7, 11) is 0. The Kier molecular flexibility index (Phi) is 3.33. The van der Waals surface area contributed by atoms with E-state index in [0.29, 0.717) is 18.8 Å². The molecule has 1 saturated heterocycles. The Labute approximate surface area is 117 Å². The number of pyridine rings is 2. The van der Waals surface area contributed by atoms with Gasteiger partial charge >= 0.3 is 0 Å². The highest BCUT2D eigenvalue weighted by Crippen LogP contribution is 2.19. The van der Waals surface area contributed by atoms with Crippen LogP contribution in [0, 0.1) is 6.92 Å². The Morgan fingerprint density at radius 2 is 2.10 bits per heavy atom. The van der Waals surface area contributed by atoms with E-state index in [2.05, 4.69) is 9.97 Å². The second kappa shape index (κ2) is 5.28. The molecular formula is C15H15N3O2. The molecule has 0 spiro atoms. The van der Waals surface area contributed by atoms with E-state index < -0.39 is 0 Å². The molecule has 1 fully saturated rings. The Balaban J connectivity index is 1.55. The Hall–Kier alpha value is -2.43. The van der Waals surface area contributed by atoms with Gasteiger partial charge in [-0.1, -0.05) is 6.07 Å². The molecule has 0 bridgehead atoms. The summed E-state index contributed by atoms with van der Waals surface area (Å²) in [6.07, 6.45) is 3.39. The van der Waals surface area contributed by atoms with E-state index >= 15 is 0 Å². The fourth-order valence-corrected chi connectivity index (χ4v) is 2.12. The van der Waals surface area contributed by atoms with Crippen molar-refractivity contribution < 1.29 is 9.53 Å². The zero-order chi connectivity index (χ0) is 13.9. The fourth-order valence-electron chi connectivity index (χ4n) is 2.12. The normalized spacial score (nSPS) is 14.8. The number of carbonyl (C=O) groups is 1. The van der Waals surface area contributed by atoms with Gasteiger partial charge in [-0.05, 0) is 25.1 Å². The van der Waals surface area contributed by atoms with Crippen molar-refractivity contribution in [1.29, 1.82) is 0 Å². The molecule has 102 valence electrons. The lowest BCUT2D eigenvalue weighted by Crippen LogP contribution is -2.56. The number of ether oxygens (including phenoxy) is 1. The van der Waals surface area contributed by atoms with E-state index in [-0.39, 0.29) is 12.0 Å². The van der Waals surface area contributed by atoms with Crippen LogP contribution >= 0.6 is 0 Å². The molecule has 3 rings (SSSR count). The number of amides is 1. The summed E-state index contributed by atoms with van der Waals surface area (Å²) >= 11 is 0. The first-order valence-corrected chi connectivity index (χ1v) is 6.52. The molecule has 1 aliphatic rings. The van der Waals surface area contributed by atoms with E-state index in [0.717, 1.165) is 11.4 Å². The Morgan fingerprint density at radius 1 is 1.25 bits per heavy atom. The van der Waals surface area contributed by atoms with Crippen molar-refractivity contribution >= 4 is 5.91 Å². The van der Waals surface area contributed by atoms with Gasteiger partial charge in [-0.2, -0.15) is 0 Å². The molecule has 20 heavy (non-hydrogen) atoms. The molecule has 0 atom stereocenters. The van der Waals surface area contributed by atoms with Crippen molar-refractivity contribution in [2.45, 2.75) is 13.0 Å². The zero-order valence-electron chi connectivity index (χ0n) is 11.2. The summed E-state index contributed by atoms with van der Waals surface area (Å²) in [5, 5.41) is 0. The predicted molar refractivity (Wildman–Crippen MR) is 73.5 cm³/mol. The molecule has 0 unspecified atom stereocenters. The summed E-state index contributed by atoms with van der Waals surface area (Å²) in [5.74, 6) is 0.754. The molecule has 0 radical (unpaired) electrons. The van der Waals surface area contributed by atoms with Crippen LogP contribution in [-0.2, 0) is 0 Å². The quantitative estimate of drug-likeness (QED) is 0.851. The first kappa shape index (κ1) is 12.6. The topological polar surface area (TPSA) is 55.3 Å². The maximum absolute atomic E-state index is 12.1. The van der Waals surface area contributed by atoms with E-state index in [1.165, 1.54) is 0 Å². The molecule has 0 N–H and O–H groups in total. The molecule has 0 saturated carbocycles. The summed E-state index contributed by atoms with van der Waals surface area (Å²) in [6, 6.07) is 9.06. The summed E-state index contributed by atoms with van der Waals surface area (Å²) < 4.78 is 5.79. The Bertz CT molecular complexity index is 610. The third-order valence-electron chi connectivity index (χ3n) is 3.19. The highest BCUT2D eigenvalue weighted by Gasteiger charge is 2.33. The van der Waals surface area contributed by atoms with Crippen LogP contribution in [0.25, 0.3) is 0 Å². The van der Waals surface area contributed by atoms with E-state index in [4.69, 9.17) is 4.74 Å². The highest BCUT2D eigenvalue weighted by molar-refractivity contribution is 5.92. The molecule has 2 aromatic heterocycles. The smallest absolute Gasteiger partial charge is 0.272 e. The van der Waals surface area contributed by atoms with Gasteiger partial charge in [-0.25, -0.2) is 0 Å². The first-order valence-electron chi connectivity index (χ1n) is 6.52. The third-order valence-corrected chi connectivity index (χ3v) is 3.19. The van der Waals surface area contributed by atoms with Crippen LogP contribution in [0.2, 0.25) is 0 Å². The van der Waals surface area contributed by atoms with Crippen LogP contribution in [0.1, 0.15) is 16.2 Å². The van der Waals surface area contributed by atoms with Gasteiger partial charge in [0.25, 0.3) is 5.91 Å². The van der Waals surface area contributed by atoms with Gasteiger partial charge in [0, 0.05) is 24.2 Å². The lowest BCUT2D eigenvalue weighted by Gasteiger charge is -2.38. The van der Waals surface area contributed by atoms with Gasteiger partial charge in [0.15, 0.2) is 0 Å². The second-order valence-corrected chi connectivity index (χ2v) is 4.80. The number of likely N-dealkylation sites (tertiary alicyclic amines) is 1. The molecule has 1 amide bonds. The van der Waals surface area contributed by atoms with Gasteiger partial charge in [-0.3, -0.25) is 14.8 Å². The summed E-state index contributed by atoms with van der Waals surface area (Å²) in [4.78, 5) is 22.0. The number of hydrogen-bond acceptors (Lipinski definition) is 4. The molecule has 5 heteroatoms. The molecule has 2 aromatic rings. The standard InChI is InChI=1S/C15H15N3O2/c1-11-8-12(5-7-16-11)20-13-9-18(10-13)15(19)14-4-2-3-6-17-14/h2-8,13H,9-10H2,1H3. The number of carbonyl (C=O) groups excluding carboxylic acids is 1.